The van der Waals surface area contributed by atoms with Gasteiger partial charge in [0, 0.05) is 45.1 Å². The smallest absolute Gasteiger partial charge is 0.236 e. The van der Waals surface area contributed by atoms with Crippen molar-refractivity contribution in [2.75, 3.05) is 46.8 Å². The summed E-state index contributed by atoms with van der Waals surface area (Å²) in [7, 11) is 4.00. The van der Waals surface area contributed by atoms with Gasteiger partial charge in [0.15, 0.2) is 0 Å². The van der Waals surface area contributed by atoms with Crippen molar-refractivity contribution < 1.29 is 14.7 Å². The van der Waals surface area contributed by atoms with E-state index in [2.05, 4.69) is 9.80 Å². The number of Topliss-reactive ketones (excluding diaryl/α,β-unsaturated/α-hetero) is 1. The summed E-state index contributed by atoms with van der Waals surface area (Å²) in [5.41, 5.74) is 0. The fraction of sp³-hybridized carbons (Fsp3) is 0.857. The number of hydrogen-bond donors (Lipinski definition) is 1. The Labute approximate surface area is 120 Å². The molecule has 20 heavy (non-hydrogen) atoms. The summed E-state index contributed by atoms with van der Waals surface area (Å²) >= 11 is 0. The maximum Gasteiger partial charge on any atom is 0.236 e. The van der Waals surface area contributed by atoms with Gasteiger partial charge in [0.25, 0.3) is 0 Å². The van der Waals surface area contributed by atoms with Gasteiger partial charge in [0.05, 0.1) is 12.6 Å². The van der Waals surface area contributed by atoms with Crippen molar-refractivity contribution in [1.82, 2.24) is 14.7 Å². The molecule has 0 aliphatic carbocycles. The molecule has 0 aromatic rings. The van der Waals surface area contributed by atoms with Gasteiger partial charge in [-0.05, 0) is 20.5 Å². The molecule has 2 saturated heterocycles. The molecule has 2 aliphatic rings. The molecular formula is C14H25N3O3. The average molecular weight is 283 g/mol. The van der Waals surface area contributed by atoms with E-state index in [-0.39, 0.29) is 23.8 Å². The maximum absolute atomic E-state index is 12.3. The number of rotatable bonds is 4. The van der Waals surface area contributed by atoms with E-state index >= 15 is 0 Å². The predicted octanol–water partition coefficient (Wildman–Crippen LogP) is -0.825. The first-order valence-corrected chi connectivity index (χ1v) is 7.32. The monoisotopic (exact) mass is 283 g/mol. The van der Waals surface area contributed by atoms with Gasteiger partial charge in [-0.1, -0.05) is 0 Å². The molecule has 0 aromatic heterocycles. The van der Waals surface area contributed by atoms with Gasteiger partial charge in [0.1, 0.15) is 5.78 Å². The number of likely N-dealkylation sites (N-methyl/N-ethyl adjacent to an activating group) is 1. The molecule has 0 saturated carbocycles. The Morgan fingerprint density at radius 1 is 1.35 bits per heavy atom. The predicted molar refractivity (Wildman–Crippen MR) is 75.4 cm³/mol. The highest BCUT2D eigenvalue weighted by Crippen LogP contribution is 2.19. The van der Waals surface area contributed by atoms with Crippen molar-refractivity contribution in [3.8, 4) is 0 Å². The third-order valence-corrected chi connectivity index (χ3v) is 4.09. The van der Waals surface area contributed by atoms with E-state index in [0.29, 0.717) is 39.0 Å². The second-order valence-corrected chi connectivity index (χ2v) is 6.15. The minimum absolute atomic E-state index is 0.0790. The summed E-state index contributed by atoms with van der Waals surface area (Å²) in [5.74, 6) is 0.325. The summed E-state index contributed by atoms with van der Waals surface area (Å²) in [4.78, 5) is 29.4. The third kappa shape index (κ3) is 4.01. The molecule has 6 heteroatoms. The van der Waals surface area contributed by atoms with Crippen molar-refractivity contribution in [2.24, 2.45) is 0 Å². The summed E-state index contributed by atoms with van der Waals surface area (Å²) in [5, 5.41) is 9.81. The van der Waals surface area contributed by atoms with Crippen LogP contribution in [-0.2, 0) is 9.59 Å². The number of aliphatic hydroxyl groups excluding tert-OH is 1. The highest BCUT2D eigenvalue weighted by atomic mass is 16.3. The zero-order valence-corrected chi connectivity index (χ0v) is 12.4. The van der Waals surface area contributed by atoms with Gasteiger partial charge in [-0.25, -0.2) is 0 Å². The van der Waals surface area contributed by atoms with E-state index in [9.17, 15) is 14.7 Å². The van der Waals surface area contributed by atoms with Crippen LogP contribution < -0.4 is 0 Å². The Bertz CT molecular complexity index is 363. The Balaban J connectivity index is 1.87. The van der Waals surface area contributed by atoms with Crippen molar-refractivity contribution in [3.63, 3.8) is 0 Å². The zero-order valence-electron chi connectivity index (χ0n) is 12.4. The Kier molecular flexibility index (Phi) is 5.12. The lowest BCUT2D eigenvalue weighted by Gasteiger charge is -2.31. The molecule has 1 N–H and O–H groups in total. The van der Waals surface area contributed by atoms with Crippen molar-refractivity contribution >= 4 is 11.7 Å². The number of nitrogens with zero attached hydrogens (tertiary/aromatic N) is 3. The second-order valence-electron chi connectivity index (χ2n) is 6.15. The zero-order chi connectivity index (χ0) is 14.7. The lowest BCUT2D eigenvalue weighted by Crippen LogP contribution is -2.47. The lowest BCUT2D eigenvalue weighted by atomic mass is 10.1. The summed E-state index contributed by atoms with van der Waals surface area (Å²) in [6.07, 6.45) is 1.35. The number of ketones is 1. The van der Waals surface area contributed by atoms with E-state index in [0.717, 1.165) is 13.0 Å². The standard InChI is InChI=1S/C14H25N3O3/c1-15(2)8-11-7-13(19)9-17(11)10-14(20)16-5-3-12(18)4-6-16/h11,13,19H,3-10H2,1-2H3. The first-order valence-electron chi connectivity index (χ1n) is 7.32. The van der Waals surface area contributed by atoms with Crippen LogP contribution in [0, 0.1) is 0 Å². The molecule has 0 radical (unpaired) electrons. The molecule has 6 nitrogen and oxygen atoms in total. The number of likely N-dealkylation sites (tertiary alicyclic amines) is 2. The van der Waals surface area contributed by atoms with Crippen LogP contribution in [0.15, 0.2) is 0 Å². The number of hydrogen-bond acceptors (Lipinski definition) is 5. The molecule has 2 heterocycles. The van der Waals surface area contributed by atoms with Crippen LogP contribution >= 0.6 is 0 Å². The Morgan fingerprint density at radius 2 is 2.00 bits per heavy atom. The average Bonchev–Trinajstić information content (AvgIpc) is 2.69. The third-order valence-electron chi connectivity index (χ3n) is 4.09. The molecular weight excluding hydrogens is 258 g/mol. The van der Waals surface area contributed by atoms with Crippen LogP contribution in [0.5, 0.6) is 0 Å². The van der Waals surface area contributed by atoms with Gasteiger partial charge in [-0.2, -0.15) is 0 Å². The van der Waals surface area contributed by atoms with Crippen molar-refractivity contribution in [1.29, 1.82) is 0 Å². The topological polar surface area (TPSA) is 64.1 Å². The second kappa shape index (κ2) is 6.65. The van der Waals surface area contributed by atoms with Crippen LogP contribution in [0.4, 0.5) is 0 Å². The van der Waals surface area contributed by atoms with Crippen LogP contribution in [0.1, 0.15) is 19.3 Å². The highest BCUT2D eigenvalue weighted by molar-refractivity contribution is 5.84. The fourth-order valence-corrected chi connectivity index (χ4v) is 3.04. The van der Waals surface area contributed by atoms with Gasteiger partial charge in [-0.15, -0.1) is 0 Å². The van der Waals surface area contributed by atoms with E-state index in [1.54, 1.807) is 4.90 Å². The largest absolute Gasteiger partial charge is 0.392 e. The number of amides is 1. The van der Waals surface area contributed by atoms with Crippen molar-refractivity contribution in [3.05, 3.63) is 0 Å². The molecule has 114 valence electrons. The summed E-state index contributed by atoms with van der Waals surface area (Å²) in [6, 6.07) is 0.232. The van der Waals surface area contributed by atoms with Gasteiger partial charge in [-0.3, -0.25) is 14.5 Å². The van der Waals surface area contributed by atoms with Gasteiger partial charge < -0.3 is 14.9 Å². The number of aliphatic hydroxyl groups is 1. The van der Waals surface area contributed by atoms with Crippen LogP contribution in [0.2, 0.25) is 0 Å². The highest BCUT2D eigenvalue weighted by Gasteiger charge is 2.33. The lowest BCUT2D eigenvalue weighted by molar-refractivity contribution is -0.135. The SMILES string of the molecule is CN(C)CC1CC(O)CN1CC(=O)N1CCC(=O)CC1. The molecule has 2 unspecified atom stereocenters. The molecule has 2 fully saturated rings. The minimum atomic E-state index is -0.337. The fourth-order valence-electron chi connectivity index (χ4n) is 3.04. The van der Waals surface area contributed by atoms with Crippen LogP contribution in [0.25, 0.3) is 0 Å². The van der Waals surface area contributed by atoms with E-state index in [1.165, 1.54) is 0 Å². The van der Waals surface area contributed by atoms with E-state index in [1.807, 2.05) is 14.1 Å². The maximum atomic E-state index is 12.3. The van der Waals surface area contributed by atoms with E-state index in [4.69, 9.17) is 0 Å². The van der Waals surface area contributed by atoms with Gasteiger partial charge >= 0.3 is 0 Å². The van der Waals surface area contributed by atoms with Crippen LogP contribution in [0.3, 0.4) is 0 Å². The molecule has 0 bridgehead atoms. The molecule has 0 spiro atoms. The molecule has 2 rings (SSSR count). The molecule has 2 atom stereocenters. The number of carbonyl (C=O) groups excluding carboxylic acids is 2. The molecule has 2 aliphatic heterocycles. The summed E-state index contributed by atoms with van der Waals surface area (Å²) < 4.78 is 0. The minimum Gasteiger partial charge on any atom is -0.392 e. The van der Waals surface area contributed by atoms with E-state index < -0.39 is 0 Å². The Morgan fingerprint density at radius 3 is 2.60 bits per heavy atom. The number of carbonyl (C=O) groups is 2. The normalized spacial score (nSPS) is 28.4. The number of β-amino-alcohol motifs (C(OH)–C–C–N with tert-alkyl or cyclic N) is 1. The van der Waals surface area contributed by atoms with Crippen LogP contribution in [-0.4, -0.2) is 90.5 Å². The first kappa shape index (κ1) is 15.4. The quantitative estimate of drug-likeness (QED) is 0.730. The van der Waals surface area contributed by atoms with Gasteiger partial charge in [0.2, 0.25) is 5.91 Å². The first-order chi connectivity index (χ1) is 9.45. The Hall–Kier alpha value is -0.980. The summed E-state index contributed by atoms with van der Waals surface area (Å²) in [6.45, 7) is 2.86. The van der Waals surface area contributed by atoms with Crippen molar-refractivity contribution in [2.45, 2.75) is 31.4 Å². The number of piperidine rings is 1. The molecule has 0 aromatic carbocycles. The molecule has 1 amide bonds.